The molecule has 6 atom stereocenters. The second-order valence-electron chi connectivity index (χ2n) is 24.4. The van der Waals surface area contributed by atoms with Crippen molar-refractivity contribution in [1.82, 2.24) is 29.9 Å². The molecule has 0 amide bonds. The highest BCUT2D eigenvalue weighted by molar-refractivity contribution is 7.70. The fraction of sp³-hybridized carbons (Fsp3) is 0. The average molecular weight is 1490 g/mol. The molecule has 0 aliphatic carbocycles. The summed E-state index contributed by atoms with van der Waals surface area (Å²) in [5, 5.41) is 23.8. The number of nitrogens with zero attached hydrogens (tertiary/aromatic N) is 6. The minimum absolute atomic E-state index is 0.220. The van der Waals surface area contributed by atoms with Crippen molar-refractivity contribution >= 4 is 115 Å². The van der Waals surface area contributed by atoms with Gasteiger partial charge < -0.3 is 27.1 Å². The highest BCUT2D eigenvalue weighted by Crippen LogP contribution is 2.59. The standard InChI is InChI=1S/C39H27N6O6P3.C39H27N6O3P3/c46-52(34-22-10-4-16-28(34)25-13-1-7-19-31(25)49-52)43-37-40-38(44-53(47)35-23-11-5-17-29(35)26-14-2-8-20-32(26)50-53)42-39(41-37)45-54(48)36-24-12-6-18-30(36)27-15-3-9-21-33(27)51-54;1-7-19-31-25(13-1)28-16-4-10-22-34(28)49(46-31)43-37-40-38(44-50-35-23-11-5-17-29(35)26-14-2-8-20-32(26)47-50)42-39(41-37)45-51-36-24-12-6-18-30(36)27-15-3-9-21-33(27)48-51/h1-24H,(H3,40,41,42,43,44,45,46,47,48);1-24H,(H3,40,41,42,43,44,45). The molecule has 8 heterocycles. The molecule has 6 N–H and O–H groups in total. The third-order valence-corrected chi connectivity index (χ3v) is 28.7. The maximum atomic E-state index is 14.9. The van der Waals surface area contributed by atoms with Gasteiger partial charge in [0.25, 0.3) is 0 Å². The Kier molecular flexibility index (Phi) is 16.0. The van der Waals surface area contributed by atoms with E-state index in [0.29, 0.717) is 67.7 Å². The zero-order chi connectivity index (χ0) is 70.2. The lowest BCUT2D eigenvalue weighted by Crippen LogP contribution is -2.26. The van der Waals surface area contributed by atoms with Crippen LogP contribution in [0.2, 0.25) is 0 Å². The number of fused-ring (bicyclic) bond motifs is 18. The third kappa shape index (κ3) is 11.8. The monoisotopic (exact) mass is 1490 g/mol. The number of nitrogens with one attached hydrogen (secondary N) is 6. The smallest absolute Gasteiger partial charge is 0.374 e. The van der Waals surface area contributed by atoms with E-state index >= 15 is 0 Å². The van der Waals surface area contributed by atoms with Gasteiger partial charge in [0.15, 0.2) is 0 Å². The topological polar surface area (TPSA) is 256 Å². The average Bonchev–Trinajstić information content (AvgIpc) is 0.748. The van der Waals surface area contributed by atoms with Gasteiger partial charge in [-0.25, -0.2) is 13.7 Å². The van der Waals surface area contributed by atoms with E-state index in [9.17, 15) is 13.7 Å². The molecule has 105 heavy (non-hydrogen) atoms. The normalized spacial score (nSPS) is 19.3. The molecule has 20 rings (SSSR count). The summed E-state index contributed by atoms with van der Waals surface area (Å²) in [5.74, 6) is 4.06. The molecule has 6 aliphatic rings. The predicted molar refractivity (Wildman–Crippen MR) is 418 cm³/mol. The SMILES string of the molecule is O=P1(Nc2nc(NP3(=O)Oc4ccccc4-c4ccccc43)nc(NP3(=O)Oc4ccccc4-c4ccccc43)n2)Oc2ccccc2-c2ccccc21.c1ccc2c(c1)OP(Nc1nc(NP3Oc4ccccc4-c4ccccc43)nc(NP3Oc4ccccc4-c4ccccc43)n1)c1ccccc1-2. The van der Waals surface area contributed by atoms with E-state index < -0.39 is 47.5 Å². The molecule has 0 saturated carbocycles. The first kappa shape index (κ1) is 64.1. The van der Waals surface area contributed by atoms with Crippen molar-refractivity contribution in [3.8, 4) is 101 Å². The highest BCUT2D eigenvalue weighted by atomic mass is 31.2. The number of anilines is 6. The fourth-order valence-electron chi connectivity index (χ4n) is 13.3. The highest BCUT2D eigenvalue weighted by Gasteiger charge is 2.43. The van der Waals surface area contributed by atoms with Crippen molar-refractivity contribution in [3.63, 3.8) is 0 Å². The van der Waals surface area contributed by atoms with Crippen LogP contribution >= 0.6 is 47.5 Å². The quantitative estimate of drug-likeness (QED) is 0.0622. The maximum Gasteiger partial charge on any atom is 0.374 e. The lowest BCUT2D eigenvalue weighted by atomic mass is 10.0. The number of para-hydroxylation sites is 6. The molecule has 510 valence electrons. The molecule has 0 spiro atoms. The largest absolute Gasteiger partial charge is 0.448 e. The number of benzene rings is 12. The summed E-state index contributed by atoms with van der Waals surface area (Å²) in [7, 11) is -16.0. The maximum absolute atomic E-state index is 14.9. The van der Waals surface area contributed by atoms with Gasteiger partial charge in [-0.2, -0.15) is 29.9 Å². The minimum Gasteiger partial charge on any atom is -0.448 e. The van der Waals surface area contributed by atoms with E-state index in [-0.39, 0.29) is 17.8 Å². The summed E-state index contributed by atoms with van der Waals surface area (Å²) in [5.41, 5.74) is 11.0. The Bertz CT molecular complexity index is 5430. The summed E-state index contributed by atoms with van der Waals surface area (Å²) < 4.78 is 83.0. The second-order valence-corrected chi connectivity index (χ2v) is 34.9. The van der Waals surface area contributed by atoms with Crippen molar-refractivity contribution < 1.29 is 40.8 Å². The van der Waals surface area contributed by atoms with E-state index in [0.717, 1.165) is 83.2 Å². The van der Waals surface area contributed by atoms with Gasteiger partial charge in [-0.3, -0.25) is 30.5 Å². The first-order valence-corrected chi connectivity index (χ1v) is 41.8. The van der Waals surface area contributed by atoms with Crippen molar-refractivity contribution in [2.75, 3.05) is 30.5 Å². The van der Waals surface area contributed by atoms with Gasteiger partial charge in [-0.05, 0) is 89.5 Å². The van der Waals surface area contributed by atoms with Crippen molar-refractivity contribution in [3.05, 3.63) is 291 Å². The number of hydrogen-bond donors (Lipinski definition) is 6. The molecule has 21 nitrogen and oxygen atoms in total. The molecule has 2 aromatic heterocycles. The summed E-state index contributed by atoms with van der Waals surface area (Å²) in [6.45, 7) is 0. The Morgan fingerprint density at radius 3 is 0.695 bits per heavy atom. The Morgan fingerprint density at radius 2 is 0.419 bits per heavy atom. The van der Waals surface area contributed by atoms with Crippen LogP contribution in [0.4, 0.5) is 35.7 Å². The molecular formula is C78H54N12O9P6. The molecule has 27 heteroatoms. The van der Waals surface area contributed by atoms with Gasteiger partial charge in [0, 0.05) is 66.0 Å². The van der Waals surface area contributed by atoms with E-state index in [2.05, 4.69) is 100 Å². The molecule has 0 fully saturated rings. The van der Waals surface area contributed by atoms with Crippen LogP contribution in [0, 0.1) is 0 Å². The predicted octanol–water partition coefficient (Wildman–Crippen LogP) is 18.0. The van der Waals surface area contributed by atoms with E-state index in [1.807, 2.05) is 164 Å². The van der Waals surface area contributed by atoms with Gasteiger partial charge in [0.1, 0.15) is 34.5 Å². The Labute approximate surface area is 605 Å². The molecule has 0 saturated heterocycles. The van der Waals surface area contributed by atoms with Crippen molar-refractivity contribution in [2.45, 2.75) is 0 Å². The van der Waals surface area contributed by atoms with Crippen LogP contribution in [0.15, 0.2) is 291 Å². The molecule has 0 radical (unpaired) electrons. The number of hydrogen-bond acceptors (Lipinski definition) is 18. The summed E-state index contributed by atoms with van der Waals surface area (Å²) in [6, 6.07) is 92.5. The molecule has 6 unspecified atom stereocenters. The van der Waals surface area contributed by atoms with Crippen molar-refractivity contribution in [2.24, 2.45) is 0 Å². The van der Waals surface area contributed by atoms with Crippen molar-refractivity contribution in [1.29, 1.82) is 0 Å². The second kappa shape index (κ2) is 26.2. The molecular weight excluding hydrogens is 1430 g/mol. The van der Waals surface area contributed by atoms with Crippen LogP contribution in [0.1, 0.15) is 0 Å². The first-order valence-electron chi connectivity index (χ1n) is 33.2. The Balaban J connectivity index is 0.000000144. The third-order valence-electron chi connectivity index (χ3n) is 18.0. The van der Waals surface area contributed by atoms with Crippen LogP contribution in [0.5, 0.6) is 34.5 Å². The van der Waals surface area contributed by atoms with E-state index in [4.69, 9.17) is 42.1 Å². The molecule has 12 aromatic carbocycles. The van der Waals surface area contributed by atoms with Crippen LogP contribution < -0.4 is 89.5 Å². The summed E-state index contributed by atoms with van der Waals surface area (Å²) >= 11 is 0. The minimum atomic E-state index is -3.97. The van der Waals surface area contributed by atoms with E-state index in [1.54, 1.807) is 72.8 Å². The number of rotatable bonds is 12. The molecule has 0 bridgehead atoms. The van der Waals surface area contributed by atoms with Gasteiger partial charge >= 0.3 is 22.6 Å². The Hall–Kier alpha value is -11.8. The van der Waals surface area contributed by atoms with Crippen LogP contribution in [0.3, 0.4) is 0 Å². The van der Waals surface area contributed by atoms with Gasteiger partial charge in [-0.1, -0.05) is 218 Å². The van der Waals surface area contributed by atoms with Gasteiger partial charge in [0.2, 0.25) is 60.6 Å². The van der Waals surface area contributed by atoms with Gasteiger partial charge in [0.05, 0.1) is 15.9 Å². The lowest BCUT2D eigenvalue weighted by molar-refractivity contribution is 0.495. The first-order chi connectivity index (χ1) is 51.5. The van der Waals surface area contributed by atoms with Crippen LogP contribution in [0.25, 0.3) is 66.8 Å². The fourth-order valence-corrected chi connectivity index (χ4v) is 23.5. The van der Waals surface area contributed by atoms with E-state index in [1.165, 1.54) is 0 Å². The Morgan fingerprint density at radius 1 is 0.219 bits per heavy atom. The summed E-state index contributed by atoms with van der Waals surface area (Å²) in [6.07, 6.45) is 0. The number of aromatic nitrogens is 6. The molecule has 6 aliphatic heterocycles. The zero-order valence-corrected chi connectivity index (χ0v) is 60.1. The van der Waals surface area contributed by atoms with Gasteiger partial charge in [-0.15, -0.1) is 0 Å². The molecule has 14 aromatic rings. The van der Waals surface area contributed by atoms with Crippen LogP contribution in [-0.2, 0) is 13.7 Å². The summed E-state index contributed by atoms with van der Waals surface area (Å²) in [4.78, 5) is 28.4. The lowest BCUT2D eigenvalue weighted by Gasteiger charge is -2.30. The zero-order valence-electron chi connectivity index (χ0n) is 54.8. The van der Waals surface area contributed by atoms with Crippen LogP contribution in [-0.4, -0.2) is 29.9 Å².